The summed E-state index contributed by atoms with van der Waals surface area (Å²) in [6.07, 6.45) is 3.40. The van der Waals surface area contributed by atoms with Crippen molar-refractivity contribution in [3.8, 4) is 0 Å². The lowest BCUT2D eigenvalue weighted by molar-refractivity contribution is 0.0690. The minimum Gasteiger partial charge on any atom is -0.500 e. The van der Waals surface area contributed by atoms with Gasteiger partial charge in [0.1, 0.15) is 23.6 Å². The van der Waals surface area contributed by atoms with E-state index in [1.54, 1.807) is 13.2 Å². The number of hydrogen-bond donors (Lipinski definition) is 2. The van der Waals surface area contributed by atoms with Crippen LogP contribution in [-0.2, 0) is 4.74 Å². The molecule has 4 rings (SSSR count). The van der Waals surface area contributed by atoms with Crippen LogP contribution in [0.5, 0.6) is 0 Å². The third-order valence-corrected chi connectivity index (χ3v) is 6.92. The van der Waals surface area contributed by atoms with Gasteiger partial charge in [-0.05, 0) is 50.5 Å². The number of pyridine rings is 1. The van der Waals surface area contributed by atoms with Crippen LogP contribution in [0.15, 0.2) is 41.0 Å². The highest BCUT2D eigenvalue weighted by Gasteiger charge is 2.45. The Morgan fingerprint density at radius 2 is 2.06 bits per heavy atom. The van der Waals surface area contributed by atoms with Crippen LogP contribution >= 0.6 is 11.6 Å². The van der Waals surface area contributed by atoms with E-state index in [9.17, 15) is 9.90 Å². The maximum absolute atomic E-state index is 11.5. The number of halogens is 1. The van der Waals surface area contributed by atoms with E-state index in [4.69, 9.17) is 27.2 Å². The van der Waals surface area contributed by atoms with Gasteiger partial charge in [0, 0.05) is 16.8 Å². The minimum atomic E-state index is -1.10. The number of ether oxygens (including phenoxy) is 1. The molecule has 172 valence electrons. The molecular weight excluding hydrogens is 444 g/mol. The number of nitrogen functional groups attached to an aromatic ring is 1. The minimum absolute atomic E-state index is 0.0550. The van der Waals surface area contributed by atoms with Crippen molar-refractivity contribution in [2.24, 2.45) is 5.41 Å². The van der Waals surface area contributed by atoms with Crippen molar-refractivity contribution in [1.29, 1.82) is 0 Å². The third kappa shape index (κ3) is 3.52. The molecule has 0 amide bonds. The second-order valence-corrected chi connectivity index (χ2v) is 8.89. The number of nitrogens with zero attached hydrogens (tertiary/aromatic N) is 5. The van der Waals surface area contributed by atoms with Crippen molar-refractivity contribution in [2.45, 2.75) is 40.2 Å². The fourth-order valence-electron chi connectivity index (χ4n) is 4.56. The SMILES string of the molecule is COC1=C(c2ccnc(C(=O)O)c2)C(C)=C(Cl)CC1(C)C(C)n1nc(C)c2c(N)ncnc21. The van der Waals surface area contributed by atoms with Crippen molar-refractivity contribution < 1.29 is 14.6 Å². The number of hydrogen-bond acceptors (Lipinski definition) is 7. The summed E-state index contributed by atoms with van der Waals surface area (Å²) >= 11 is 6.78. The van der Waals surface area contributed by atoms with Crippen molar-refractivity contribution >= 4 is 40.0 Å². The molecule has 2 atom stereocenters. The molecule has 0 fully saturated rings. The van der Waals surface area contributed by atoms with Gasteiger partial charge in [-0.25, -0.2) is 24.4 Å². The quantitative estimate of drug-likeness (QED) is 0.565. The zero-order valence-electron chi connectivity index (χ0n) is 19.0. The number of aromatic carboxylic acids is 1. The Morgan fingerprint density at radius 3 is 2.73 bits per heavy atom. The zero-order chi connectivity index (χ0) is 24.1. The molecule has 3 aromatic heterocycles. The van der Waals surface area contributed by atoms with E-state index < -0.39 is 11.4 Å². The molecule has 3 heterocycles. The highest BCUT2D eigenvalue weighted by Crippen LogP contribution is 2.53. The van der Waals surface area contributed by atoms with Gasteiger partial charge in [-0.2, -0.15) is 5.10 Å². The number of allylic oxidation sites excluding steroid dienone is 4. The molecule has 1 aliphatic carbocycles. The summed E-state index contributed by atoms with van der Waals surface area (Å²) in [6.45, 7) is 7.86. The highest BCUT2D eigenvalue weighted by molar-refractivity contribution is 6.31. The largest absolute Gasteiger partial charge is 0.500 e. The van der Waals surface area contributed by atoms with Crippen LogP contribution in [0.4, 0.5) is 5.82 Å². The van der Waals surface area contributed by atoms with E-state index >= 15 is 0 Å². The molecule has 0 aliphatic heterocycles. The Kier molecular flexibility index (Phi) is 5.61. The number of anilines is 1. The molecule has 1 aliphatic rings. The van der Waals surface area contributed by atoms with E-state index in [0.717, 1.165) is 16.8 Å². The zero-order valence-corrected chi connectivity index (χ0v) is 19.8. The van der Waals surface area contributed by atoms with Gasteiger partial charge in [-0.3, -0.25) is 0 Å². The van der Waals surface area contributed by atoms with Crippen molar-refractivity contribution in [3.05, 3.63) is 58.0 Å². The summed E-state index contributed by atoms with van der Waals surface area (Å²) in [6, 6.07) is 3.05. The van der Waals surface area contributed by atoms with Gasteiger partial charge >= 0.3 is 5.97 Å². The van der Waals surface area contributed by atoms with E-state index in [1.165, 1.54) is 18.6 Å². The van der Waals surface area contributed by atoms with Gasteiger partial charge in [0.25, 0.3) is 0 Å². The van der Waals surface area contributed by atoms with Gasteiger partial charge in [-0.1, -0.05) is 18.5 Å². The second kappa shape index (κ2) is 8.15. The highest BCUT2D eigenvalue weighted by atomic mass is 35.5. The Labute approximate surface area is 196 Å². The van der Waals surface area contributed by atoms with Crippen LogP contribution in [-0.4, -0.2) is 42.9 Å². The van der Waals surface area contributed by atoms with Gasteiger partial charge in [0.05, 0.1) is 29.6 Å². The lowest BCUT2D eigenvalue weighted by Crippen LogP contribution is -2.35. The summed E-state index contributed by atoms with van der Waals surface area (Å²) in [4.78, 5) is 24.0. The molecule has 0 aromatic carbocycles. The van der Waals surface area contributed by atoms with Crippen LogP contribution in [0.25, 0.3) is 16.6 Å². The summed E-state index contributed by atoms with van der Waals surface area (Å²) in [5.41, 5.74) is 9.01. The van der Waals surface area contributed by atoms with E-state index in [1.807, 2.05) is 25.5 Å². The number of carboxylic acids is 1. The monoisotopic (exact) mass is 468 g/mol. The molecule has 0 spiro atoms. The molecular formula is C23H25ClN6O3. The number of rotatable bonds is 5. The molecule has 2 unspecified atom stereocenters. The first-order valence-electron chi connectivity index (χ1n) is 10.4. The summed E-state index contributed by atoms with van der Waals surface area (Å²) in [5.74, 6) is -0.0469. The molecule has 9 nitrogen and oxygen atoms in total. The van der Waals surface area contributed by atoms with Gasteiger partial charge < -0.3 is 15.6 Å². The van der Waals surface area contributed by atoms with E-state index in [0.29, 0.717) is 39.6 Å². The normalized spacial score (nSPS) is 19.8. The number of aromatic nitrogens is 5. The second-order valence-electron chi connectivity index (χ2n) is 8.43. The van der Waals surface area contributed by atoms with Crippen molar-refractivity contribution in [2.75, 3.05) is 12.8 Å². The van der Waals surface area contributed by atoms with Gasteiger partial charge in [-0.15, -0.1) is 0 Å². The summed E-state index contributed by atoms with van der Waals surface area (Å²) in [7, 11) is 1.61. The molecule has 0 saturated carbocycles. The van der Waals surface area contributed by atoms with Crippen LogP contribution < -0.4 is 5.73 Å². The number of methoxy groups -OCH3 is 1. The van der Waals surface area contributed by atoms with Gasteiger partial charge in [0.2, 0.25) is 0 Å². The first-order chi connectivity index (χ1) is 15.6. The molecule has 0 radical (unpaired) electrons. The smallest absolute Gasteiger partial charge is 0.354 e. The number of aryl methyl sites for hydroxylation is 1. The maximum Gasteiger partial charge on any atom is 0.354 e. The Morgan fingerprint density at radius 1 is 1.33 bits per heavy atom. The standard InChI is InChI=1S/C23H25ClN6O3/c1-11-15(24)9-23(4,13(3)30-21-18(12(2)29-30)20(25)27-10-28-21)19(33-5)17(11)14-6-7-26-16(8-14)22(31)32/h6-8,10,13H,9H2,1-5H3,(H,31,32)(H2,25,27,28). The lowest BCUT2D eigenvalue weighted by atomic mass is 9.71. The summed E-state index contributed by atoms with van der Waals surface area (Å²) < 4.78 is 7.83. The van der Waals surface area contributed by atoms with Gasteiger partial charge in [0.15, 0.2) is 5.65 Å². The maximum atomic E-state index is 11.5. The van der Waals surface area contributed by atoms with Crippen molar-refractivity contribution in [3.63, 3.8) is 0 Å². The number of fused-ring (bicyclic) bond motifs is 1. The lowest BCUT2D eigenvalue weighted by Gasteiger charge is -2.41. The third-order valence-electron chi connectivity index (χ3n) is 6.50. The fourth-order valence-corrected chi connectivity index (χ4v) is 4.93. The van der Waals surface area contributed by atoms with E-state index in [-0.39, 0.29) is 11.7 Å². The molecule has 0 bridgehead atoms. The summed E-state index contributed by atoms with van der Waals surface area (Å²) in [5, 5.41) is 15.5. The Hall–Kier alpha value is -3.46. The molecule has 33 heavy (non-hydrogen) atoms. The number of carbonyl (C=O) groups is 1. The average Bonchev–Trinajstić information content (AvgIpc) is 3.13. The Balaban J connectivity index is 1.94. The number of nitrogens with two attached hydrogens (primary N) is 1. The molecule has 3 aromatic rings. The molecule has 3 N–H and O–H groups in total. The van der Waals surface area contributed by atoms with Crippen LogP contribution in [0.1, 0.15) is 55.0 Å². The van der Waals surface area contributed by atoms with E-state index in [2.05, 4.69) is 21.9 Å². The molecule has 10 heteroatoms. The van der Waals surface area contributed by atoms with Crippen LogP contribution in [0, 0.1) is 12.3 Å². The van der Waals surface area contributed by atoms with Crippen molar-refractivity contribution in [1.82, 2.24) is 24.7 Å². The van der Waals surface area contributed by atoms with Crippen LogP contribution in [0.2, 0.25) is 0 Å². The molecule has 0 saturated heterocycles. The predicted octanol–water partition coefficient (Wildman–Crippen LogP) is 4.35. The number of carboxylic acid groups (broad SMARTS) is 1. The predicted molar refractivity (Wildman–Crippen MR) is 126 cm³/mol. The first kappa shape index (κ1) is 22.7. The topological polar surface area (TPSA) is 129 Å². The first-order valence-corrected chi connectivity index (χ1v) is 10.8. The van der Waals surface area contributed by atoms with Crippen LogP contribution in [0.3, 0.4) is 0 Å². The fraction of sp³-hybridized carbons (Fsp3) is 0.348. The average molecular weight is 469 g/mol. The Bertz CT molecular complexity index is 1350.